The molecule has 2 aromatic rings. The maximum atomic E-state index is 13.8. The number of nitrogens with one attached hydrogen (secondary N) is 1. The number of anilines is 1. The van der Waals surface area contributed by atoms with Gasteiger partial charge in [0.2, 0.25) is 5.89 Å². The Bertz CT molecular complexity index is 643. The van der Waals surface area contributed by atoms with E-state index in [-0.39, 0.29) is 18.5 Å². The molecule has 3 rings (SSSR count). The van der Waals surface area contributed by atoms with Gasteiger partial charge in [0.05, 0.1) is 12.6 Å². The molecule has 0 aromatic carbocycles. The molecule has 3 heterocycles. The van der Waals surface area contributed by atoms with Crippen molar-refractivity contribution in [2.24, 2.45) is 0 Å². The number of aryl methyl sites for hydroxylation is 1. The first kappa shape index (κ1) is 14.5. The van der Waals surface area contributed by atoms with Crippen LogP contribution in [0.5, 0.6) is 0 Å². The van der Waals surface area contributed by atoms with Crippen molar-refractivity contribution in [2.75, 3.05) is 25.0 Å². The van der Waals surface area contributed by atoms with Crippen LogP contribution in [-0.4, -0.2) is 63.6 Å². The summed E-state index contributed by atoms with van der Waals surface area (Å²) in [6.07, 6.45) is 0.858. The molecule has 0 spiro atoms. The molecule has 2 atom stereocenters. The normalized spacial score (nSPS) is 21.3. The van der Waals surface area contributed by atoms with Crippen molar-refractivity contribution in [1.29, 1.82) is 0 Å². The number of carbonyl (C=O) groups is 1. The first-order valence-corrected chi connectivity index (χ1v) is 7.00. The Hall–Kier alpha value is -2.45. The Morgan fingerprint density at radius 3 is 3.05 bits per heavy atom. The number of halogens is 1. The van der Waals surface area contributed by atoms with E-state index >= 15 is 0 Å². The summed E-state index contributed by atoms with van der Waals surface area (Å²) in [6, 6.07) is 1.70. The molecule has 0 aliphatic carbocycles. The molecule has 1 fully saturated rings. The molecule has 0 radical (unpaired) electrons. The van der Waals surface area contributed by atoms with Crippen LogP contribution < -0.4 is 4.90 Å². The maximum absolute atomic E-state index is 13.8. The zero-order valence-electron chi connectivity index (χ0n) is 12.4. The van der Waals surface area contributed by atoms with E-state index in [0.29, 0.717) is 30.6 Å². The molecule has 2 aromatic heterocycles. The summed E-state index contributed by atoms with van der Waals surface area (Å²) in [7, 11) is 1.67. The summed E-state index contributed by atoms with van der Waals surface area (Å²) in [5.41, 5.74) is 0.400. The highest BCUT2D eigenvalue weighted by Crippen LogP contribution is 2.26. The van der Waals surface area contributed by atoms with Gasteiger partial charge in [-0.15, -0.1) is 5.10 Å². The lowest BCUT2D eigenvalue weighted by Gasteiger charge is -2.26. The van der Waals surface area contributed by atoms with Crippen LogP contribution in [0.4, 0.5) is 10.4 Å². The van der Waals surface area contributed by atoms with Crippen LogP contribution in [0.15, 0.2) is 16.7 Å². The smallest absolute Gasteiger partial charge is 0.318 e. The number of aromatic amines is 1. The van der Waals surface area contributed by atoms with Gasteiger partial charge in [0, 0.05) is 33.1 Å². The van der Waals surface area contributed by atoms with Crippen molar-refractivity contribution in [3.63, 3.8) is 0 Å². The van der Waals surface area contributed by atoms with Gasteiger partial charge in [-0.3, -0.25) is 9.89 Å². The molecule has 9 heteroatoms. The lowest BCUT2D eigenvalue weighted by Crippen LogP contribution is -2.41. The van der Waals surface area contributed by atoms with Gasteiger partial charge in [0.25, 0.3) is 5.91 Å². The lowest BCUT2D eigenvalue weighted by molar-refractivity contribution is 0.0779. The van der Waals surface area contributed by atoms with Crippen molar-refractivity contribution < 1.29 is 13.6 Å². The molecule has 1 N–H and O–H groups in total. The molecule has 1 aliphatic heterocycles. The number of nitrogens with zero attached hydrogens (tertiary/aromatic N) is 5. The largest absolute Gasteiger partial charge is 0.408 e. The van der Waals surface area contributed by atoms with E-state index in [1.807, 2.05) is 0 Å². The summed E-state index contributed by atoms with van der Waals surface area (Å²) < 4.78 is 19.2. The fourth-order valence-corrected chi connectivity index (χ4v) is 2.65. The SMILES string of the molecule is Cc1nnc(N2C[C@@H](F)C[C@H]2CN(C)C(=O)c2ccn[nH]2)o1. The zero-order valence-corrected chi connectivity index (χ0v) is 12.4. The fourth-order valence-electron chi connectivity index (χ4n) is 2.65. The average molecular weight is 308 g/mol. The predicted molar refractivity (Wildman–Crippen MR) is 75.2 cm³/mol. The standard InChI is InChI=1S/C13H17FN6O2/c1-8-16-18-13(22-8)20-6-9(14)5-10(20)7-19(2)12(21)11-3-4-15-17-11/h3-4,9-10H,5-7H2,1-2H3,(H,15,17)/t9-,10-/m0/s1. The number of amides is 1. The summed E-state index contributed by atoms with van der Waals surface area (Å²) >= 11 is 0. The number of rotatable bonds is 4. The summed E-state index contributed by atoms with van der Waals surface area (Å²) in [5.74, 6) is 0.236. The molecule has 0 unspecified atom stereocenters. The zero-order chi connectivity index (χ0) is 15.7. The highest BCUT2D eigenvalue weighted by molar-refractivity contribution is 5.92. The van der Waals surface area contributed by atoms with E-state index in [0.717, 1.165) is 0 Å². The van der Waals surface area contributed by atoms with Crippen LogP contribution in [0.2, 0.25) is 0 Å². The van der Waals surface area contributed by atoms with E-state index in [9.17, 15) is 9.18 Å². The maximum Gasteiger partial charge on any atom is 0.318 e. The lowest BCUT2D eigenvalue weighted by atomic mass is 10.2. The van der Waals surface area contributed by atoms with Crippen LogP contribution in [0, 0.1) is 6.92 Å². The average Bonchev–Trinajstić information content (AvgIpc) is 3.19. The van der Waals surface area contributed by atoms with Crippen LogP contribution in [0.1, 0.15) is 22.8 Å². The highest BCUT2D eigenvalue weighted by Gasteiger charge is 2.36. The van der Waals surface area contributed by atoms with E-state index in [2.05, 4.69) is 20.4 Å². The van der Waals surface area contributed by atoms with Gasteiger partial charge in [-0.25, -0.2) is 4.39 Å². The number of carbonyl (C=O) groups excluding carboxylic acids is 1. The number of hydrogen-bond acceptors (Lipinski definition) is 6. The molecule has 118 valence electrons. The van der Waals surface area contributed by atoms with Gasteiger partial charge in [0.15, 0.2) is 0 Å². The second-order valence-corrected chi connectivity index (χ2v) is 5.40. The molecule has 8 nitrogen and oxygen atoms in total. The van der Waals surface area contributed by atoms with Crippen molar-refractivity contribution >= 4 is 11.9 Å². The number of alkyl halides is 1. The minimum absolute atomic E-state index is 0.193. The third-order valence-corrected chi connectivity index (χ3v) is 3.69. The highest BCUT2D eigenvalue weighted by atomic mass is 19.1. The molecule has 1 aliphatic rings. The van der Waals surface area contributed by atoms with E-state index in [1.165, 1.54) is 11.1 Å². The minimum atomic E-state index is -0.979. The summed E-state index contributed by atoms with van der Waals surface area (Å²) in [6.45, 7) is 2.24. The number of aromatic nitrogens is 4. The number of likely N-dealkylation sites (N-methyl/N-ethyl adjacent to an activating group) is 1. The Labute approximate surface area is 126 Å². The van der Waals surface area contributed by atoms with Crippen molar-refractivity contribution in [1.82, 2.24) is 25.3 Å². The molecule has 22 heavy (non-hydrogen) atoms. The number of H-pyrrole nitrogens is 1. The van der Waals surface area contributed by atoms with E-state index in [1.54, 1.807) is 24.9 Å². The molecular formula is C13H17FN6O2. The van der Waals surface area contributed by atoms with Crippen molar-refractivity contribution in [3.8, 4) is 0 Å². The molecule has 1 saturated heterocycles. The van der Waals surface area contributed by atoms with Crippen molar-refractivity contribution in [3.05, 3.63) is 23.8 Å². The van der Waals surface area contributed by atoms with Gasteiger partial charge in [-0.2, -0.15) is 5.10 Å². The topological polar surface area (TPSA) is 91.2 Å². The summed E-state index contributed by atoms with van der Waals surface area (Å²) in [4.78, 5) is 15.5. The van der Waals surface area contributed by atoms with Gasteiger partial charge >= 0.3 is 6.01 Å². The Balaban J connectivity index is 1.71. The van der Waals surface area contributed by atoms with Gasteiger partial charge in [-0.05, 0) is 6.07 Å². The number of hydrogen-bond donors (Lipinski definition) is 1. The molecular weight excluding hydrogens is 291 g/mol. The van der Waals surface area contributed by atoms with Crippen LogP contribution >= 0.6 is 0 Å². The van der Waals surface area contributed by atoms with Crippen LogP contribution in [0.3, 0.4) is 0 Å². The minimum Gasteiger partial charge on any atom is -0.408 e. The quantitative estimate of drug-likeness (QED) is 0.898. The molecule has 0 saturated carbocycles. The van der Waals surface area contributed by atoms with Crippen LogP contribution in [0.25, 0.3) is 0 Å². The van der Waals surface area contributed by atoms with Crippen LogP contribution in [-0.2, 0) is 0 Å². The molecule has 1 amide bonds. The Morgan fingerprint density at radius 2 is 2.41 bits per heavy atom. The van der Waals surface area contributed by atoms with E-state index < -0.39 is 6.17 Å². The van der Waals surface area contributed by atoms with Crippen molar-refractivity contribution in [2.45, 2.75) is 25.6 Å². The third-order valence-electron chi connectivity index (χ3n) is 3.69. The first-order valence-electron chi connectivity index (χ1n) is 7.00. The second kappa shape index (κ2) is 5.74. The first-order chi connectivity index (χ1) is 10.5. The van der Waals surface area contributed by atoms with Gasteiger partial charge in [0.1, 0.15) is 11.9 Å². The fraction of sp³-hybridized carbons (Fsp3) is 0.538. The third kappa shape index (κ3) is 2.78. The Kier molecular flexibility index (Phi) is 3.78. The summed E-state index contributed by atoms with van der Waals surface area (Å²) in [5, 5.41) is 14.1. The monoisotopic (exact) mass is 308 g/mol. The van der Waals surface area contributed by atoms with Gasteiger partial charge < -0.3 is 14.2 Å². The Morgan fingerprint density at radius 1 is 1.59 bits per heavy atom. The second-order valence-electron chi connectivity index (χ2n) is 5.40. The molecule has 0 bridgehead atoms. The van der Waals surface area contributed by atoms with Gasteiger partial charge in [-0.1, -0.05) is 5.10 Å². The predicted octanol–water partition coefficient (Wildman–Crippen LogP) is 0.790. The van der Waals surface area contributed by atoms with E-state index in [4.69, 9.17) is 4.42 Å².